The monoisotopic (exact) mass is 619 g/mol. The van der Waals surface area contributed by atoms with Gasteiger partial charge in [0.25, 0.3) is 0 Å². The second kappa shape index (κ2) is 16.1. The van der Waals surface area contributed by atoms with Crippen LogP contribution in [0, 0.1) is 27.1 Å². The Morgan fingerprint density at radius 3 is 1.22 bits per heavy atom. The molecule has 0 amide bonds. The number of nitrogens with one attached hydrogen (secondary N) is 2. The number of hydrogen-bond donors (Lipinski definition) is 2. The summed E-state index contributed by atoms with van der Waals surface area (Å²) in [5.41, 5.74) is 3.11. The Labute approximate surface area is 276 Å². The molecule has 0 unspecified atom stereocenters. The number of piperidine rings is 1. The number of rotatable bonds is 0. The van der Waals surface area contributed by atoms with E-state index in [1.807, 2.05) is 0 Å². The van der Waals surface area contributed by atoms with Crippen molar-refractivity contribution < 1.29 is 9.47 Å². The van der Waals surface area contributed by atoms with Crippen molar-refractivity contribution in [3.8, 4) is 0 Å². The minimum absolute atomic E-state index is 0. The predicted molar refractivity (Wildman–Crippen MR) is 190 cm³/mol. The highest BCUT2D eigenvalue weighted by Gasteiger charge is 2.38. The van der Waals surface area contributed by atoms with Gasteiger partial charge in [-0.05, 0) is 139 Å². The van der Waals surface area contributed by atoms with E-state index in [1.165, 1.54) is 135 Å². The molecule has 45 heavy (non-hydrogen) atoms. The van der Waals surface area contributed by atoms with Crippen LogP contribution in [0.2, 0.25) is 0 Å². The third kappa shape index (κ3) is 9.12. The van der Waals surface area contributed by atoms with Gasteiger partial charge in [-0.1, -0.05) is 74.6 Å². The Hall–Kier alpha value is -1.46. The minimum Gasteiger partial charge on any atom is -0.379 e. The predicted octanol–water partition coefficient (Wildman–Crippen LogP) is 9.26. The molecule has 0 bridgehead atoms. The SMILES string of the molecule is C.C1=CC2(CC1)CCC2.C1=CC2(CC1)COC2.C1=CC2(CCC1)COC2.C1=CCC2(C1)CCNC2.C1=CCC2(C1)CCNCC2. The van der Waals surface area contributed by atoms with Crippen LogP contribution in [0.25, 0.3) is 0 Å². The van der Waals surface area contributed by atoms with Gasteiger partial charge in [-0.2, -0.15) is 0 Å². The largest absolute Gasteiger partial charge is 0.379 e. The zero-order chi connectivity index (χ0) is 30.1. The Morgan fingerprint density at radius 1 is 0.422 bits per heavy atom. The van der Waals surface area contributed by atoms with E-state index in [-0.39, 0.29) is 7.43 Å². The molecule has 0 aromatic carbocycles. The Morgan fingerprint density at radius 2 is 0.889 bits per heavy atom. The van der Waals surface area contributed by atoms with Crippen LogP contribution < -0.4 is 10.6 Å². The molecule has 4 saturated heterocycles. The third-order valence-corrected chi connectivity index (χ3v) is 12.5. The van der Waals surface area contributed by atoms with E-state index in [2.05, 4.69) is 71.4 Å². The highest BCUT2D eigenvalue weighted by Crippen LogP contribution is 2.49. The van der Waals surface area contributed by atoms with Crippen LogP contribution in [0.5, 0.6) is 0 Å². The first-order valence-corrected chi connectivity index (χ1v) is 18.5. The van der Waals surface area contributed by atoms with E-state index < -0.39 is 0 Å². The minimum atomic E-state index is 0. The molecule has 2 N–H and O–H groups in total. The lowest BCUT2D eigenvalue weighted by Gasteiger charge is -2.40. The maximum Gasteiger partial charge on any atom is 0.0579 e. The summed E-state index contributed by atoms with van der Waals surface area (Å²) in [7, 11) is 0. The van der Waals surface area contributed by atoms with Crippen LogP contribution in [0.15, 0.2) is 60.8 Å². The first-order valence-electron chi connectivity index (χ1n) is 18.5. The molecule has 0 atom stereocenters. The average molecular weight is 619 g/mol. The summed E-state index contributed by atoms with van der Waals surface area (Å²) in [5, 5.41) is 6.82. The summed E-state index contributed by atoms with van der Waals surface area (Å²) in [6.45, 7) is 8.87. The van der Waals surface area contributed by atoms with Gasteiger partial charge in [-0.25, -0.2) is 0 Å². The smallest absolute Gasteiger partial charge is 0.0579 e. The van der Waals surface area contributed by atoms with Crippen LogP contribution in [0.1, 0.15) is 117 Å². The van der Waals surface area contributed by atoms with Gasteiger partial charge in [-0.15, -0.1) is 0 Å². The lowest BCUT2D eigenvalue weighted by atomic mass is 9.69. The number of ether oxygens (including phenoxy) is 2. The van der Waals surface area contributed by atoms with Crippen LogP contribution in [0.4, 0.5) is 0 Å². The standard InChI is InChI=1S/C9H15N.C8H13N.C8H12O.C8H12.C7H10O.CH4/c1-2-4-9(3-1)5-7-10-8-6-9;1-2-4-8(3-1)5-6-9-7-8;1-2-4-8(5-3-1)6-9-7-8;1-2-5-8(4-1)6-3-7-8;1-2-4-7(3-1)5-8-6-7;/h1-2,10H,3-8H2;1-2,9H,3-7H2;2,4H,1,3,5-7H2;1,4H,2-3,5-7H2;1,3H,2,4-6H2;1H4. The quantitative estimate of drug-likeness (QED) is 0.266. The van der Waals surface area contributed by atoms with Crippen molar-refractivity contribution in [2.45, 2.75) is 117 Å². The summed E-state index contributed by atoms with van der Waals surface area (Å²) < 4.78 is 10.3. The van der Waals surface area contributed by atoms with Crippen molar-refractivity contribution in [3.63, 3.8) is 0 Å². The van der Waals surface area contributed by atoms with Gasteiger partial charge in [-0.3, -0.25) is 0 Å². The normalized spacial score (nSPS) is 29.7. The molecule has 10 rings (SSSR count). The molecule has 6 aliphatic carbocycles. The summed E-state index contributed by atoms with van der Waals surface area (Å²) in [4.78, 5) is 0. The van der Waals surface area contributed by atoms with E-state index in [4.69, 9.17) is 9.47 Å². The lowest BCUT2D eigenvalue weighted by Crippen LogP contribution is -2.41. The molecule has 5 spiro atoms. The fourth-order valence-corrected chi connectivity index (χ4v) is 8.83. The molecule has 4 heterocycles. The van der Waals surface area contributed by atoms with Gasteiger partial charge in [0, 0.05) is 17.4 Å². The molecule has 0 aromatic heterocycles. The number of allylic oxidation sites excluding steroid dienone is 8. The molecular formula is C41H66N2O2. The van der Waals surface area contributed by atoms with Crippen molar-refractivity contribution in [3.05, 3.63) is 60.8 Å². The maximum absolute atomic E-state index is 5.16. The van der Waals surface area contributed by atoms with Crippen LogP contribution in [0.3, 0.4) is 0 Å². The van der Waals surface area contributed by atoms with Gasteiger partial charge < -0.3 is 20.1 Å². The van der Waals surface area contributed by atoms with E-state index in [1.54, 1.807) is 0 Å². The summed E-state index contributed by atoms with van der Waals surface area (Å²) in [6, 6.07) is 0. The molecule has 252 valence electrons. The summed E-state index contributed by atoms with van der Waals surface area (Å²) in [6.07, 6.45) is 46.7. The number of hydrogen-bond acceptors (Lipinski definition) is 4. The fourth-order valence-electron chi connectivity index (χ4n) is 8.83. The third-order valence-electron chi connectivity index (χ3n) is 12.5. The fraction of sp³-hybridized carbons (Fsp3) is 0.756. The van der Waals surface area contributed by atoms with Gasteiger partial charge in [0.15, 0.2) is 0 Å². The van der Waals surface area contributed by atoms with Crippen molar-refractivity contribution in [2.24, 2.45) is 27.1 Å². The molecule has 0 radical (unpaired) electrons. The molecule has 4 nitrogen and oxygen atoms in total. The topological polar surface area (TPSA) is 42.5 Å². The summed E-state index contributed by atoms with van der Waals surface area (Å²) >= 11 is 0. The first kappa shape index (κ1) is 34.9. The van der Waals surface area contributed by atoms with E-state index in [9.17, 15) is 0 Å². The second-order valence-corrected chi connectivity index (χ2v) is 16.0. The van der Waals surface area contributed by atoms with Crippen molar-refractivity contribution in [2.75, 3.05) is 52.6 Å². The van der Waals surface area contributed by atoms with E-state index >= 15 is 0 Å². The Kier molecular flexibility index (Phi) is 12.5. The van der Waals surface area contributed by atoms with Gasteiger partial charge in [0.2, 0.25) is 0 Å². The molecule has 5 fully saturated rings. The second-order valence-electron chi connectivity index (χ2n) is 16.0. The highest BCUT2D eigenvalue weighted by molar-refractivity contribution is 5.11. The molecule has 0 aromatic rings. The van der Waals surface area contributed by atoms with E-state index in [0.29, 0.717) is 21.7 Å². The molecule has 1 saturated carbocycles. The Bertz CT molecular complexity index is 991. The summed E-state index contributed by atoms with van der Waals surface area (Å²) in [5.74, 6) is 0. The van der Waals surface area contributed by atoms with Crippen LogP contribution in [-0.2, 0) is 9.47 Å². The molecular weight excluding hydrogens is 552 g/mol. The van der Waals surface area contributed by atoms with Crippen LogP contribution in [-0.4, -0.2) is 52.6 Å². The van der Waals surface area contributed by atoms with Crippen molar-refractivity contribution >= 4 is 0 Å². The molecule has 4 aliphatic heterocycles. The average Bonchev–Trinajstić information content (AvgIpc) is 3.86. The zero-order valence-corrected chi connectivity index (χ0v) is 27.8. The van der Waals surface area contributed by atoms with Crippen molar-refractivity contribution in [1.29, 1.82) is 0 Å². The van der Waals surface area contributed by atoms with Crippen LogP contribution >= 0.6 is 0 Å². The van der Waals surface area contributed by atoms with Gasteiger partial charge in [0.1, 0.15) is 0 Å². The zero-order valence-electron chi connectivity index (χ0n) is 27.8. The van der Waals surface area contributed by atoms with Gasteiger partial charge in [0.05, 0.1) is 26.4 Å². The highest BCUT2D eigenvalue weighted by atomic mass is 16.5. The Balaban J connectivity index is 0.000000111. The lowest BCUT2D eigenvalue weighted by molar-refractivity contribution is -0.0891. The van der Waals surface area contributed by atoms with E-state index in [0.717, 1.165) is 31.8 Å². The molecule has 4 heteroatoms. The maximum atomic E-state index is 5.16. The van der Waals surface area contributed by atoms with Crippen molar-refractivity contribution in [1.82, 2.24) is 10.6 Å². The van der Waals surface area contributed by atoms with Gasteiger partial charge >= 0.3 is 0 Å². The first-order chi connectivity index (χ1) is 21.6. The molecule has 10 aliphatic rings.